The Labute approximate surface area is 203 Å². The third-order valence-corrected chi connectivity index (χ3v) is 9.17. The molecule has 0 amide bonds. The van der Waals surface area contributed by atoms with E-state index in [0.717, 1.165) is 0 Å². The van der Waals surface area contributed by atoms with Crippen LogP contribution >= 0.6 is 0 Å². The highest BCUT2D eigenvalue weighted by atomic mass is 28.4. The van der Waals surface area contributed by atoms with Crippen LogP contribution in [0.15, 0.2) is 0 Å². The molecule has 1 saturated heterocycles. The van der Waals surface area contributed by atoms with Crippen molar-refractivity contribution in [1.82, 2.24) is 0 Å². The van der Waals surface area contributed by atoms with E-state index >= 15 is 0 Å². The summed E-state index contributed by atoms with van der Waals surface area (Å²) >= 11 is 0. The van der Waals surface area contributed by atoms with Gasteiger partial charge in [-0.1, -0.05) is 0 Å². The highest BCUT2D eigenvalue weighted by molar-refractivity contribution is 6.71. The van der Waals surface area contributed by atoms with Gasteiger partial charge in [0, 0.05) is 0 Å². The van der Waals surface area contributed by atoms with E-state index in [1.54, 1.807) is 0 Å². The molecule has 0 aromatic heterocycles. The van der Waals surface area contributed by atoms with Gasteiger partial charge in [0.1, 0.15) is 12.2 Å². The predicted molar refractivity (Wildman–Crippen MR) is 147 cm³/mol. The van der Waals surface area contributed by atoms with Crippen molar-refractivity contribution in [2.45, 2.75) is 122 Å². The van der Waals surface area contributed by atoms with Gasteiger partial charge < -0.3 is 26.9 Å². The maximum atomic E-state index is 6.89. The van der Waals surface area contributed by atoms with Gasteiger partial charge in [-0.25, -0.2) is 0 Å². The zero-order valence-electron chi connectivity index (χ0n) is 23.6. The van der Waals surface area contributed by atoms with E-state index < -0.39 is 53.5 Å². The summed E-state index contributed by atoms with van der Waals surface area (Å²) in [4.78, 5) is 0. The topological polar surface area (TPSA) is 55.4 Å². The van der Waals surface area contributed by atoms with E-state index in [1.807, 2.05) is 0 Å². The first kappa shape index (κ1) is 30.9. The molecule has 1 aliphatic heterocycles. The van der Waals surface area contributed by atoms with E-state index in [4.69, 9.17) is 26.9 Å². The van der Waals surface area contributed by atoms with Gasteiger partial charge in [-0.15, -0.1) is 0 Å². The molecule has 0 aliphatic carbocycles. The lowest BCUT2D eigenvalue weighted by atomic mass is 9.97. The van der Waals surface area contributed by atoms with Crippen molar-refractivity contribution < 1.29 is 26.9 Å². The van der Waals surface area contributed by atoms with Crippen molar-refractivity contribution in [2.24, 2.45) is 0 Å². The largest absolute Gasteiger partial charge is 0.412 e. The fourth-order valence-electron chi connectivity index (χ4n) is 3.56. The Morgan fingerprint density at radius 1 is 0.625 bits per heavy atom. The molecule has 0 saturated carbocycles. The first-order chi connectivity index (χ1) is 13.9. The monoisotopic (exact) mass is 540 g/mol. The van der Waals surface area contributed by atoms with Gasteiger partial charge in [0.25, 0.3) is 0 Å². The molecule has 0 N–H and O–H groups in total. The van der Waals surface area contributed by atoms with Crippen LogP contribution in [0.3, 0.4) is 0 Å². The smallest absolute Gasteiger partial charge is 0.209 e. The van der Waals surface area contributed by atoms with Crippen molar-refractivity contribution in [3.8, 4) is 0 Å². The minimum atomic E-state index is -2.02. The standard InChI is InChI=1S/C21H52O6Si5/c1-28(2,3)23-17-21(27-32(13,14)15)20(26-31(10,11)12)19(25-30(7,8)9)18(16-22-21)24-29(4,5)6/h18-20H,16-17H2,1-15H3/t18-,19+,20-,21+/m1/s1. The lowest BCUT2D eigenvalue weighted by molar-refractivity contribution is -0.311. The summed E-state index contributed by atoms with van der Waals surface area (Å²) in [6, 6.07) is 0. The number of rotatable bonds is 11. The summed E-state index contributed by atoms with van der Waals surface area (Å²) in [5.41, 5.74) is 0. The average molecular weight is 541 g/mol. The Bertz CT molecular complexity index is 600. The van der Waals surface area contributed by atoms with E-state index in [0.29, 0.717) is 13.2 Å². The van der Waals surface area contributed by atoms with Gasteiger partial charge in [0.15, 0.2) is 41.6 Å². The number of hydrogen-bond donors (Lipinski definition) is 0. The second-order valence-electron chi connectivity index (χ2n) is 13.9. The molecule has 0 bridgehead atoms. The third kappa shape index (κ3) is 11.5. The molecule has 11 heteroatoms. The highest BCUT2D eigenvalue weighted by Crippen LogP contribution is 2.39. The fourth-order valence-corrected chi connectivity index (χ4v) is 8.74. The minimum Gasteiger partial charge on any atom is -0.412 e. The predicted octanol–water partition coefficient (Wildman–Crippen LogP) is 6.08. The van der Waals surface area contributed by atoms with Crippen LogP contribution in [0.25, 0.3) is 0 Å². The van der Waals surface area contributed by atoms with Gasteiger partial charge in [0.05, 0.1) is 19.3 Å². The molecule has 1 fully saturated rings. The molecular formula is C21H52O6Si5. The minimum absolute atomic E-state index is 0.181. The van der Waals surface area contributed by atoms with Crippen LogP contribution < -0.4 is 0 Å². The normalized spacial score (nSPS) is 28.8. The summed E-state index contributed by atoms with van der Waals surface area (Å²) in [7, 11) is -9.58. The van der Waals surface area contributed by atoms with Gasteiger partial charge in [-0.3, -0.25) is 0 Å². The molecule has 0 aromatic carbocycles. The maximum Gasteiger partial charge on any atom is 0.209 e. The maximum absolute atomic E-state index is 6.89. The summed E-state index contributed by atoms with van der Waals surface area (Å²) in [6.45, 7) is 33.9. The Balaban J connectivity index is 3.59. The van der Waals surface area contributed by atoms with Crippen LogP contribution in [-0.2, 0) is 26.9 Å². The lowest BCUT2D eigenvalue weighted by Gasteiger charge is -2.54. The lowest BCUT2D eigenvalue weighted by Crippen LogP contribution is -2.71. The molecule has 1 heterocycles. The second-order valence-corrected chi connectivity index (χ2v) is 36.2. The van der Waals surface area contributed by atoms with Gasteiger partial charge in [-0.2, -0.15) is 0 Å². The van der Waals surface area contributed by atoms with E-state index in [2.05, 4.69) is 98.2 Å². The molecule has 0 radical (unpaired) electrons. The Hall–Kier alpha value is 0.844. The fraction of sp³-hybridized carbons (Fsp3) is 1.00. The van der Waals surface area contributed by atoms with E-state index in [-0.39, 0.29) is 12.2 Å². The van der Waals surface area contributed by atoms with Crippen molar-refractivity contribution in [2.75, 3.05) is 13.2 Å². The Morgan fingerprint density at radius 3 is 1.47 bits per heavy atom. The second kappa shape index (κ2) is 10.4. The van der Waals surface area contributed by atoms with Crippen molar-refractivity contribution >= 4 is 41.6 Å². The van der Waals surface area contributed by atoms with Gasteiger partial charge >= 0.3 is 0 Å². The number of ether oxygens (including phenoxy) is 1. The van der Waals surface area contributed by atoms with Crippen LogP contribution in [0.5, 0.6) is 0 Å². The van der Waals surface area contributed by atoms with Crippen LogP contribution in [0, 0.1) is 0 Å². The Kier molecular flexibility index (Phi) is 10.1. The van der Waals surface area contributed by atoms with Gasteiger partial charge in [0.2, 0.25) is 5.79 Å². The summed E-state index contributed by atoms with van der Waals surface area (Å²) in [6.07, 6.45) is -0.838. The van der Waals surface area contributed by atoms with Crippen molar-refractivity contribution in [3.63, 3.8) is 0 Å². The third-order valence-electron chi connectivity index (χ3n) is 4.25. The zero-order valence-corrected chi connectivity index (χ0v) is 28.6. The summed E-state index contributed by atoms with van der Waals surface area (Å²) in [5.74, 6) is -0.991. The van der Waals surface area contributed by atoms with Crippen molar-refractivity contribution in [1.29, 1.82) is 0 Å². The first-order valence-corrected chi connectivity index (χ1v) is 29.0. The molecule has 1 aliphatic rings. The highest BCUT2D eigenvalue weighted by Gasteiger charge is 2.58. The molecule has 0 aromatic rings. The molecule has 1 rings (SSSR count). The van der Waals surface area contributed by atoms with Gasteiger partial charge in [-0.05, 0) is 98.2 Å². The van der Waals surface area contributed by atoms with Crippen LogP contribution in [0.1, 0.15) is 0 Å². The molecule has 192 valence electrons. The van der Waals surface area contributed by atoms with Crippen LogP contribution in [0.2, 0.25) is 98.2 Å². The first-order valence-electron chi connectivity index (χ1n) is 11.9. The molecular weight excluding hydrogens is 489 g/mol. The van der Waals surface area contributed by atoms with Crippen LogP contribution in [-0.4, -0.2) is 78.9 Å². The quantitative estimate of drug-likeness (QED) is 0.296. The van der Waals surface area contributed by atoms with Crippen LogP contribution in [0.4, 0.5) is 0 Å². The zero-order chi connectivity index (χ0) is 25.4. The molecule has 6 nitrogen and oxygen atoms in total. The molecule has 0 spiro atoms. The SMILES string of the molecule is C[Si](C)(C)OC[C@@]1(O[Si](C)(C)C)OC[C@@H](O[Si](C)(C)C)[C@H](O[Si](C)(C)C)[C@H]1O[Si](C)(C)C. The summed E-state index contributed by atoms with van der Waals surface area (Å²) < 4.78 is 40.3. The average Bonchev–Trinajstić information content (AvgIpc) is 2.46. The molecule has 32 heavy (non-hydrogen) atoms. The summed E-state index contributed by atoms with van der Waals surface area (Å²) in [5, 5.41) is 0. The molecule has 0 unspecified atom stereocenters. The van der Waals surface area contributed by atoms with E-state index in [9.17, 15) is 0 Å². The Morgan fingerprint density at radius 2 is 1.09 bits per heavy atom. The van der Waals surface area contributed by atoms with E-state index in [1.165, 1.54) is 0 Å². The number of hydrogen-bond acceptors (Lipinski definition) is 6. The molecule has 4 atom stereocenters. The van der Waals surface area contributed by atoms with Crippen molar-refractivity contribution in [3.05, 3.63) is 0 Å².